The first-order chi connectivity index (χ1) is 8.60. The molecule has 0 aromatic heterocycles. The van der Waals surface area contributed by atoms with E-state index in [0.29, 0.717) is 28.0 Å². The molecule has 0 N–H and O–H groups in total. The molecular formula is C14H11BrF2O. The number of hydrogen-bond donors (Lipinski definition) is 0. The predicted octanol–water partition coefficient (Wildman–Crippen LogP) is 4.96. The third-order valence-corrected chi connectivity index (χ3v) is 3.13. The summed E-state index contributed by atoms with van der Waals surface area (Å²) in [5.41, 5.74) is 1.40. The molecule has 0 heterocycles. The Morgan fingerprint density at radius 1 is 1.00 bits per heavy atom. The highest BCUT2D eigenvalue weighted by atomic mass is 79.9. The van der Waals surface area contributed by atoms with Gasteiger partial charge in [0.05, 0.1) is 0 Å². The van der Waals surface area contributed by atoms with Crippen molar-refractivity contribution < 1.29 is 13.5 Å². The number of benzene rings is 2. The Morgan fingerprint density at radius 2 is 1.61 bits per heavy atom. The van der Waals surface area contributed by atoms with Crippen LogP contribution in [0.15, 0.2) is 36.4 Å². The number of ether oxygens (including phenoxy) is 1. The first-order valence-corrected chi connectivity index (χ1v) is 6.50. The van der Waals surface area contributed by atoms with Gasteiger partial charge >= 0.3 is 0 Å². The summed E-state index contributed by atoms with van der Waals surface area (Å²) >= 11 is 3.28. The van der Waals surface area contributed by atoms with Gasteiger partial charge in [-0.15, -0.1) is 0 Å². The van der Waals surface area contributed by atoms with Gasteiger partial charge in [-0.05, 0) is 48.9 Å². The van der Waals surface area contributed by atoms with Crippen LogP contribution in [-0.2, 0) is 5.33 Å². The maximum Gasteiger partial charge on any atom is 0.131 e. The highest BCUT2D eigenvalue weighted by Crippen LogP contribution is 2.29. The summed E-state index contributed by atoms with van der Waals surface area (Å²) in [5.74, 6) is 0.500. The smallest absolute Gasteiger partial charge is 0.131 e. The summed E-state index contributed by atoms with van der Waals surface area (Å²) in [4.78, 5) is 0. The minimum absolute atomic E-state index is 0.306. The van der Waals surface area contributed by atoms with Gasteiger partial charge in [0, 0.05) is 10.9 Å². The molecule has 0 saturated heterocycles. The van der Waals surface area contributed by atoms with E-state index >= 15 is 0 Å². The molecule has 1 nitrogen and oxygen atoms in total. The van der Waals surface area contributed by atoms with E-state index in [0.717, 1.165) is 0 Å². The van der Waals surface area contributed by atoms with Gasteiger partial charge in [0.1, 0.15) is 23.1 Å². The van der Waals surface area contributed by atoms with Crippen molar-refractivity contribution in [1.82, 2.24) is 0 Å². The van der Waals surface area contributed by atoms with E-state index in [2.05, 4.69) is 15.9 Å². The van der Waals surface area contributed by atoms with Crippen LogP contribution in [0, 0.1) is 18.6 Å². The average Bonchev–Trinajstić information content (AvgIpc) is 2.34. The fraction of sp³-hybridized carbons (Fsp3) is 0.143. The van der Waals surface area contributed by atoms with Crippen molar-refractivity contribution in [2.75, 3.05) is 0 Å². The van der Waals surface area contributed by atoms with E-state index in [1.807, 2.05) is 0 Å². The van der Waals surface area contributed by atoms with Crippen LogP contribution in [0.2, 0.25) is 0 Å². The van der Waals surface area contributed by atoms with Crippen LogP contribution >= 0.6 is 15.9 Å². The van der Waals surface area contributed by atoms with Gasteiger partial charge in [-0.3, -0.25) is 0 Å². The molecule has 0 unspecified atom stereocenters. The van der Waals surface area contributed by atoms with Gasteiger partial charge in [-0.1, -0.05) is 15.9 Å². The average molecular weight is 313 g/mol. The van der Waals surface area contributed by atoms with Gasteiger partial charge in [-0.25, -0.2) is 8.78 Å². The normalized spacial score (nSPS) is 10.4. The molecule has 94 valence electrons. The van der Waals surface area contributed by atoms with Gasteiger partial charge in [-0.2, -0.15) is 0 Å². The van der Waals surface area contributed by atoms with E-state index in [1.165, 1.54) is 24.3 Å². The molecule has 2 aromatic rings. The molecule has 0 fully saturated rings. The third kappa shape index (κ3) is 2.88. The lowest BCUT2D eigenvalue weighted by atomic mass is 10.2. The molecule has 18 heavy (non-hydrogen) atoms. The second kappa shape index (κ2) is 5.48. The fourth-order valence-electron chi connectivity index (χ4n) is 1.60. The Morgan fingerprint density at radius 3 is 2.22 bits per heavy atom. The molecule has 0 radical (unpaired) electrons. The minimum Gasteiger partial charge on any atom is -0.457 e. The molecule has 0 aliphatic heterocycles. The first-order valence-electron chi connectivity index (χ1n) is 5.38. The highest BCUT2D eigenvalue weighted by molar-refractivity contribution is 9.08. The SMILES string of the molecule is Cc1cc(F)ccc1Oc1ccc(F)cc1CBr. The zero-order chi connectivity index (χ0) is 13.1. The lowest BCUT2D eigenvalue weighted by molar-refractivity contribution is 0.470. The Labute approximate surface area is 113 Å². The Kier molecular flexibility index (Phi) is 3.97. The standard InChI is InChI=1S/C14H11BrF2O/c1-9-6-11(16)2-4-13(9)18-14-5-3-12(17)7-10(14)8-15/h2-7H,8H2,1H3. The quantitative estimate of drug-likeness (QED) is 0.728. The predicted molar refractivity (Wildman–Crippen MR) is 70.2 cm³/mol. The molecule has 0 aliphatic rings. The summed E-state index contributed by atoms with van der Waals surface area (Å²) in [6.45, 7) is 1.76. The zero-order valence-corrected chi connectivity index (χ0v) is 11.3. The molecular weight excluding hydrogens is 302 g/mol. The second-order valence-corrected chi connectivity index (χ2v) is 4.46. The molecule has 0 spiro atoms. The molecule has 0 aliphatic carbocycles. The van der Waals surface area contributed by atoms with Gasteiger partial charge in [0.2, 0.25) is 0 Å². The van der Waals surface area contributed by atoms with Crippen molar-refractivity contribution in [1.29, 1.82) is 0 Å². The van der Waals surface area contributed by atoms with Crippen molar-refractivity contribution in [3.63, 3.8) is 0 Å². The monoisotopic (exact) mass is 312 g/mol. The van der Waals surface area contributed by atoms with Crippen LogP contribution in [0.3, 0.4) is 0 Å². The van der Waals surface area contributed by atoms with E-state index in [4.69, 9.17) is 4.74 Å². The number of alkyl halides is 1. The second-order valence-electron chi connectivity index (χ2n) is 3.90. The van der Waals surface area contributed by atoms with E-state index < -0.39 is 0 Å². The summed E-state index contributed by atoms with van der Waals surface area (Å²) in [7, 11) is 0. The summed E-state index contributed by atoms with van der Waals surface area (Å²) in [5, 5.41) is 0.486. The van der Waals surface area contributed by atoms with E-state index in [-0.39, 0.29) is 11.6 Å². The first kappa shape index (κ1) is 13.0. The molecule has 0 saturated carbocycles. The largest absolute Gasteiger partial charge is 0.457 e. The summed E-state index contributed by atoms with van der Waals surface area (Å²) in [6, 6.07) is 8.59. The minimum atomic E-state index is -0.312. The van der Waals surface area contributed by atoms with Crippen LogP contribution in [-0.4, -0.2) is 0 Å². The number of aryl methyl sites for hydroxylation is 1. The zero-order valence-electron chi connectivity index (χ0n) is 9.71. The summed E-state index contributed by atoms with van der Waals surface area (Å²) < 4.78 is 31.7. The Balaban J connectivity index is 2.33. The molecule has 2 aromatic carbocycles. The molecule has 2 rings (SSSR count). The molecule has 0 amide bonds. The lowest BCUT2D eigenvalue weighted by Gasteiger charge is -2.11. The van der Waals surface area contributed by atoms with Crippen LogP contribution in [0.4, 0.5) is 8.78 Å². The van der Waals surface area contributed by atoms with Gasteiger partial charge in [0.25, 0.3) is 0 Å². The van der Waals surface area contributed by atoms with Crippen molar-refractivity contribution in [3.05, 3.63) is 59.2 Å². The fourth-order valence-corrected chi connectivity index (χ4v) is 2.04. The van der Waals surface area contributed by atoms with Crippen molar-refractivity contribution in [3.8, 4) is 11.5 Å². The molecule has 0 atom stereocenters. The highest BCUT2D eigenvalue weighted by Gasteiger charge is 2.08. The molecule has 4 heteroatoms. The molecule has 0 bridgehead atoms. The van der Waals surface area contributed by atoms with Crippen LogP contribution < -0.4 is 4.74 Å². The van der Waals surface area contributed by atoms with Crippen molar-refractivity contribution >= 4 is 15.9 Å². The third-order valence-electron chi connectivity index (χ3n) is 2.52. The number of halogens is 3. The number of rotatable bonds is 3. The van der Waals surface area contributed by atoms with Crippen LogP contribution in [0.5, 0.6) is 11.5 Å². The topological polar surface area (TPSA) is 9.23 Å². The van der Waals surface area contributed by atoms with E-state index in [9.17, 15) is 8.78 Å². The maximum atomic E-state index is 13.1. The van der Waals surface area contributed by atoms with Gasteiger partial charge < -0.3 is 4.74 Å². The Hall–Kier alpha value is -1.42. The maximum absolute atomic E-state index is 13.1. The van der Waals surface area contributed by atoms with Crippen molar-refractivity contribution in [2.24, 2.45) is 0 Å². The van der Waals surface area contributed by atoms with Crippen LogP contribution in [0.25, 0.3) is 0 Å². The van der Waals surface area contributed by atoms with Gasteiger partial charge in [0.15, 0.2) is 0 Å². The number of hydrogen-bond acceptors (Lipinski definition) is 1. The van der Waals surface area contributed by atoms with Crippen LogP contribution in [0.1, 0.15) is 11.1 Å². The lowest BCUT2D eigenvalue weighted by Crippen LogP contribution is -1.93. The van der Waals surface area contributed by atoms with E-state index in [1.54, 1.807) is 19.1 Å². The Bertz CT molecular complexity index is 570. The van der Waals surface area contributed by atoms with Crippen molar-refractivity contribution in [2.45, 2.75) is 12.3 Å². The summed E-state index contributed by atoms with van der Waals surface area (Å²) in [6.07, 6.45) is 0.